The highest BCUT2D eigenvalue weighted by molar-refractivity contribution is 5.85. The van der Waals surface area contributed by atoms with Gasteiger partial charge in [0.25, 0.3) is 0 Å². The van der Waals surface area contributed by atoms with Crippen molar-refractivity contribution in [3.8, 4) is 5.75 Å². The van der Waals surface area contributed by atoms with Crippen LogP contribution >= 0.6 is 12.4 Å². The Kier molecular flexibility index (Phi) is 6.72. The molecule has 3 rings (SSSR count). The van der Waals surface area contributed by atoms with Gasteiger partial charge in [0, 0.05) is 25.2 Å². The number of ether oxygens (including phenoxy) is 2. The van der Waals surface area contributed by atoms with Crippen LogP contribution < -0.4 is 4.74 Å². The molecule has 1 aliphatic rings. The average molecular weight is 320 g/mol. The highest BCUT2D eigenvalue weighted by Crippen LogP contribution is 2.21. The van der Waals surface area contributed by atoms with Crippen molar-refractivity contribution < 1.29 is 9.47 Å². The second-order valence-electron chi connectivity index (χ2n) is 5.27. The summed E-state index contributed by atoms with van der Waals surface area (Å²) in [4.78, 5) is 2.41. The van der Waals surface area contributed by atoms with Crippen LogP contribution in [0.4, 0.5) is 0 Å². The number of para-hydroxylation sites is 1. The summed E-state index contributed by atoms with van der Waals surface area (Å²) in [7, 11) is 0. The van der Waals surface area contributed by atoms with Gasteiger partial charge in [0.2, 0.25) is 0 Å². The van der Waals surface area contributed by atoms with Gasteiger partial charge in [-0.1, -0.05) is 48.5 Å². The summed E-state index contributed by atoms with van der Waals surface area (Å²) >= 11 is 0. The van der Waals surface area contributed by atoms with E-state index in [0.29, 0.717) is 6.61 Å². The Morgan fingerprint density at radius 3 is 2.36 bits per heavy atom. The maximum Gasteiger partial charge on any atom is 0.124 e. The lowest BCUT2D eigenvalue weighted by Gasteiger charge is -2.27. The third-order valence-electron chi connectivity index (χ3n) is 3.71. The molecule has 1 fully saturated rings. The number of benzene rings is 2. The Balaban J connectivity index is 0.00000176. The van der Waals surface area contributed by atoms with Crippen LogP contribution in [0, 0.1) is 0 Å². The second-order valence-corrected chi connectivity index (χ2v) is 5.27. The monoisotopic (exact) mass is 319 g/mol. The Bertz CT molecular complexity index is 556. The van der Waals surface area contributed by atoms with E-state index in [1.54, 1.807) is 0 Å². The molecule has 0 aliphatic carbocycles. The highest BCUT2D eigenvalue weighted by Gasteiger charge is 2.13. The maximum atomic E-state index is 6.01. The molecule has 0 atom stereocenters. The highest BCUT2D eigenvalue weighted by atomic mass is 35.5. The fraction of sp³-hybridized carbons (Fsp3) is 0.333. The van der Waals surface area contributed by atoms with Crippen molar-refractivity contribution in [1.82, 2.24) is 4.90 Å². The molecule has 1 saturated heterocycles. The zero-order valence-electron chi connectivity index (χ0n) is 12.6. The summed E-state index contributed by atoms with van der Waals surface area (Å²) in [6.45, 7) is 5.18. The summed E-state index contributed by atoms with van der Waals surface area (Å²) in [5.41, 5.74) is 2.44. The average Bonchev–Trinajstić information content (AvgIpc) is 2.56. The molecule has 0 bridgehead atoms. The molecule has 0 N–H and O–H groups in total. The molecule has 0 saturated carbocycles. The molecule has 3 nitrogen and oxygen atoms in total. The second kappa shape index (κ2) is 8.79. The predicted octanol–water partition coefficient (Wildman–Crippen LogP) is 3.52. The third kappa shape index (κ3) is 4.73. The van der Waals surface area contributed by atoms with Gasteiger partial charge in [0.05, 0.1) is 13.2 Å². The van der Waals surface area contributed by atoms with Crippen LogP contribution in [0.15, 0.2) is 54.6 Å². The van der Waals surface area contributed by atoms with E-state index in [-0.39, 0.29) is 12.4 Å². The molecule has 1 heterocycles. The van der Waals surface area contributed by atoms with Gasteiger partial charge < -0.3 is 9.47 Å². The smallest absolute Gasteiger partial charge is 0.124 e. The molecular formula is C18H22ClNO2. The van der Waals surface area contributed by atoms with Gasteiger partial charge in [0.1, 0.15) is 12.4 Å². The fourth-order valence-corrected chi connectivity index (χ4v) is 2.51. The Labute approximate surface area is 138 Å². The lowest BCUT2D eigenvalue weighted by molar-refractivity contribution is 0.0337. The van der Waals surface area contributed by atoms with Crippen LogP contribution in [0.5, 0.6) is 5.75 Å². The van der Waals surface area contributed by atoms with Crippen LogP contribution in [-0.4, -0.2) is 31.2 Å². The van der Waals surface area contributed by atoms with E-state index in [0.717, 1.165) is 38.6 Å². The summed E-state index contributed by atoms with van der Waals surface area (Å²) < 4.78 is 11.4. The van der Waals surface area contributed by atoms with Gasteiger partial charge in [0.15, 0.2) is 0 Å². The van der Waals surface area contributed by atoms with Crippen LogP contribution in [-0.2, 0) is 17.9 Å². The Morgan fingerprint density at radius 1 is 0.909 bits per heavy atom. The molecule has 1 aliphatic heterocycles. The van der Waals surface area contributed by atoms with Gasteiger partial charge in [-0.15, -0.1) is 12.4 Å². The first-order valence-corrected chi connectivity index (χ1v) is 7.46. The summed E-state index contributed by atoms with van der Waals surface area (Å²) in [5.74, 6) is 0.979. The van der Waals surface area contributed by atoms with Crippen molar-refractivity contribution in [3.05, 3.63) is 65.7 Å². The molecule has 0 radical (unpaired) electrons. The van der Waals surface area contributed by atoms with E-state index < -0.39 is 0 Å². The lowest BCUT2D eigenvalue weighted by Crippen LogP contribution is -2.35. The minimum Gasteiger partial charge on any atom is -0.489 e. The Hall–Kier alpha value is -1.55. The van der Waals surface area contributed by atoms with E-state index in [4.69, 9.17) is 9.47 Å². The van der Waals surface area contributed by atoms with Gasteiger partial charge in [-0.2, -0.15) is 0 Å². The minimum atomic E-state index is 0. The summed E-state index contributed by atoms with van der Waals surface area (Å²) in [6, 6.07) is 18.6. The van der Waals surface area contributed by atoms with E-state index >= 15 is 0 Å². The SMILES string of the molecule is Cl.c1ccc(COc2ccccc2CN2CCOCC2)cc1. The standard InChI is InChI=1S/C18H21NO2.ClH/c1-2-6-16(7-3-1)15-21-18-9-5-4-8-17(18)14-19-10-12-20-13-11-19;/h1-9H,10-15H2;1H. The molecule has 0 amide bonds. The molecule has 22 heavy (non-hydrogen) atoms. The Morgan fingerprint density at radius 2 is 1.59 bits per heavy atom. The van der Waals surface area contributed by atoms with E-state index in [1.807, 2.05) is 24.3 Å². The first-order chi connectivity index (χ1) is 10.4. The van der Waals surface area contributed by atoms with Crippen LogP contribution in [0.3, 0.4) is 0 Å². The topological polar surface area (TPSA) is 21.7 Å². The molecule has 2 aromatic carbocycles. The van der Waals surface area contributed by atoms with Crippen molar-refractivity contribution >= 4 is 12.4 Å². The maximum absolute atomic E-state index is 6.01. The summed E-state index contributed by atoms with van der Waals surface area (Å²) in [6.07, 6.45) is 0. The van der Waals surface area contributed by atoms with E-state index in [2.05, 4.69) is 35.2 Å². The molecule has 2 aromatic rings. The number of halogens is 1. The van der Waals surface area contributed by atoms with Crippen LogP contribution in [0.2, 0.25) is 0 Å². The van der Waals surface area contributed by atoms with Gasteiger partial charge in [-0.3, -0.25) is 4.90 Å². The van der Waals surface area contributed by atoms with Crippen molar-refractivity contribution in [1.29, 1.82) is 0 Å². The number of nitrogens with zero attached hydrogens (tertiary/aromatic N) is 1. The predicted molar refractivity (Wildman–Crippen MR) is 90.6 cm³/mol. The zero-order chi connectivity index (χ0) is 14.3. The van der Waals surface area contributed by atoms with Gasteiger partial charge >= 0.3 is 0 Å². The molecule has 4 heteroatoms. The fourth-order valence-electron chi connectivity index (χ4n) is 2.51. The molecule has 118 valence electrons. The quantitative estimate of drug-likeness (QED) is 0.841. The first kappa shape index (κ1) is 16.8. The van der Waals surface area contributed by atoms with Crippen molar-refractivity contribution in [2.75, 3.05) is 26.3 Å². The van der Waals surface area contributed by atoms with Crippen molar-refractivity contribution in [3.63, 3.8) is 0 Å². The zero-order valence-corrected chi connectivity index (χ0v) is 13.4. The van der Waals surface area contributed by atoms with Crippen LogP contribution in [0.25, 0.3) is 0 Å². The third-order valence-corrected chi connectivity index (χ3v) is 3.71. The van der Waals surface area contributed by atoms with Crippen molar-refractivity contribution in [2.24, 2.45) is 0 Å². The number of hydrogen-bond donors (Lipinski definition) is 0. The summed E-state index contributed by atoms with van der Waals surface area (Å²) in [5, 5.41) is 0. The number of morpholine rings is 1. The van der Waals surface area contributed by atoms with E-state index in [9.17, 15) is 0 Å². The first-order valence-electron chi connectivity index (χ1n) is 7.46. The minimum absolute atomic E-state index is 0. The molecule has 0 aromatic heterocycles. The van der Waals surface area contributed by atoms with Gasteiger partial charge in [-0.05, 0) is 11.6 Å². The number of hydrogen-bond acceptors (Lipinski definition) is 3. The van der Waals surface area contributed by atoms with E-state index in [1.165, 1.54) is 11.1 Å². The van der Waals surface area contributed by atoms with Crippen LogP contribution in [0.1, 0.15) is 11.1 Å². The number of rotatable bonds is 5. The lowest BCUT2D eigenvalue weighted by atomic mass is 10.1. The normalized spacial score (nSPS) is 15.1. The van der Waals surface area contributed by atoms with Gasteiger partial charge in [-0.25, -0.2) is 0 Å². The molecule has 0 spiro atoms. The molecular weight excluding hydrogens is 298 g/mol. The largest absolute Gasteiger partial charge is 0.489 e. The molecule has 0 unspecified atom stereocenters. The van der Waals surface area contributed by atoms with Crippen molar-refractivity contribution in [2.45, 2.75) is 13.2 Å².